The van der Waals surface area contributed by atoms with Gasteiger partial charge in [-0.1, -0.05) is 13.8 Å². The van der Waals surface area contributed by atoms with Gasteiger partial charge in [0.15, 0.2) is 0 Å². The van der Waals surface area contributed by atoms with E-state index >= 15 is 0 Å². The highest BCUT2D eigenvalue weighted by atomic mass is 28.4. The average molecular weight is 262 g/mol. The Labute approximate surface area is 105 Å². The highest BCUT2D eigenvalue weighted by molar-refractivity contribution is 6.73. The van der Waals surface area contributed by atoms with Crippen LogP contribution in [0.2, 0.25) is 12.1 Å². The summed E-state index contributed by atoms with van der Waals surface area (Å²) < 4.78 is 5.99. The molecule has 6 heteroatoms. The molecule has 1 fully saturated rings. The fourth-order valence-corrected chi connectivity index (χ4v) is 4.44. The van der Waals surface area contributed by atoms with Gasteiger partial charge in [0.05, 0.1) is 13.2 Å². The molecule has 1 rings (SSSR count). The van der Waals surface area contributed by atoms with E-state index in [1.165, 1.54) is 5.34 Å². The van der Waals surface area contributed by atoms with E-state index < -0.39 is 8.32 Å². The van der Waals surface area contributed by atoms with E-state index in [0.717, 1.165) is 37.7 Å². The van der Waals surface area contributed by atoms with Crippen LogP contribution in [-0.4, -0.2) is 39.6 Å². The minimum Gasteiger partial charge on any atom is -0.416 e. The highest BCUT2D eigenvalue weighted by Crippen LogP contribution is 2.16. The van der Waals surface area contributed by atoms with Crippen LogP contribution in [-0.2, 0) is 14.1 Å². The largest absolute Gasteiger partial charge is 0.416 e. The molecule has 0 atom stereocenters. The lowest BCUT2D eigenvalue weighted by atomic mass is 10.3. The van der Waals surface area contributed by atoms with Crippen molar-refractivity contribution >= 4 is 8.32 Å². The van der Waals surface area contributed by atoms with Gasteiger partial charge in [-0.15, -0.1) is 0 Å². The Balaban J connectivity index is 2.38. The van der Waals surface area contributed by atoms with E-state index in [9.17, 15) is 0 Å². The maximum absolute atomic E-state index is 5.99. The molecule has 102 valence electrons. The lowest BCUT2D eigenvalue weighted by molar-refractivity contribution is -0.387. The standard InChI is InChI=1S/C11H26N2O3Si/c1-4-16-17(5-2,6-3)11-12-13-14-9-7-8-10-15-13/h12H,4-11H2,1-3H3. The molecule has 0 unspecified atom stereocenters. The van der Waals surface area contributed by atoms with Crippen LogP contribution in [0.3, 0.4) is 0 Å². The predicted octanol–water partition coefficient (Wildman–Crippen LogP) is 2.01. The Kier molecular flexibility index (Phi) is 7.25. The summed E-state index contributed by atoms with van der Waals surface area (Å²) in [5, 5.41) is 1.43. The molecule has 0 aliphatic carbocycles. The second kappa shape index (κ2) is 8.18. The average Bonchev–Trinajstić information content (AvgIpc) is 2.63. The first-order valence-electron chi connectivity index (χ1n) is 6.69. The molecule has 0 bridgehead atoms. The first-order valence-corrected chi connectivity index (χ1v) is 9.22. The molecule has 0 aromatic rings. The van der Waals surface area contributed by atoms with E-state index in [-0.39, 0.29) is 0 Å². The van der Waals surface area contributed by atoms with Gasteiger partial charge in [0.25, 0.3) is 0 Å². The van der Waals surface area contributed by atoms with Crippen molar-refractivity contribution in [2.24, 2.45) is 0 Å². The van der Waals surface area contributed by atoms with Gasteiger partial charge < -0.3 is 4.43 Å². The molecule has 0 spiro atoms. The van der Waals surface area contributed by atoms with Gasteiger partial charge in [0, 0.05) is 18.1 Å². The van der Waals surface area contributed by atoms with Gasteiger partial charge in [0.2, 0.25) is 8.32 Å². The van der Waals surface area contributed by atoms with Gasteiger partial charge in [-0.25, -0.2) is 5.43 Å². The van der Waals surface area contributed by atoms with Crippen LogP contribution in [0.4, 0.5) is 0 Å². The number of rotatable bonds is 7. The summed E-state index contributed by atoms with van der Waals surface area (Å²) in [5.74, 6) is 0. The van der Waals surface area contributed by atoms with E-state index in [2.05, 4.69) is 26.2 Å². The number of nitrogens with one attached hydrogen (secondary N) is 1. The number of hydrogen-bond acceptors (Lipinski definition) is 5. The van der Waals surface area contributed by atoms with Crippen LogP contribution in [0.1, 0.15) is 33.6 Å². The SMILES string of the molecule is CCO[Si](CC)(CC)CNN1OCCCCO1. The number of hydrogen-bond donors (Lipinski definition) is 1. The zero-order valence-electron chi connectivity index (χ0n) is 11.3. The van der Waals surface area contributed by atoms with Gasteiger partial charge in [-0.05, 0) is 31.9 Å². The fraction of sp³-hybridized carbons (Fsp3) is 1.00. The summed E-state index contributed by atoms with van der Waals surface area (Å²) in [6.45, 7) is 8.70. The summed E-state index contributed by atoms with van der Waals surface area (Å²) >= 11 is 0. The van der Waals surface area contributed by atoms with Gasteiger partial charge >= 0.3 is 0 Å². The van der Waals surface area contributed by atoms with Crippen molar-refractivity contribution in [2.45, 2.75) is 45.7 Å². The number of nitrogens with zero attached hydrogens (tertiary/aromatic N) is 1. The molecule has 0 radical (unpaired) electrons. The van der Waals surface area contributed by atoms with E-state index in [1.807, 2.05) is 0 Å². The molecule has 1 N–H and O–H groups in total. The second-order valence-electron chi connectivity index (χ2n) is 4.29. The Hall–Kier alpha value is 0.0169. The molecule has 0 aromatic heterocycles. The van der Waals surface area contributed by atoms with Crippen LogP contribution in [0.5, 0.6) is 0 Å². The Morgan fingerprint density at radius 2 is 1.71 bits per heavy atom. The fourth-order valence-electron chi connectivity index (χ4n) is 1.90. The molecular formula is C11H26N2O3Si. The zero-order valence-corrected chi connectivity index (χ0v) is 12.3. The molecule has 1 aliphatic heterocycles. The second-order valence-corrected chi connectivity index (χ2v) is 8.71. The Morgan fingerprint density at radius 3 is 2.18 bits per heavy atom. The summed E-state index contributed by atoms with van der Waals surface area (Å²) in [7, 11) is -1.66. The van der Waals surface area contributed by atoms with Crippen LogP contribution >= 0.6 is 0 Å². The molecule has 1 aliphatic rings. The topological polar surface area (TPSA) is 43.0 Å². The van der Waals surface area contributed by atoms with E-state index in [1.54, 1.807) is 0 Å². The minimum atomic E-state index is -1.66. The Morgan fingerprint density at radius 1 is 1.12 bits per heavy atom. The lowest BCUT2D eigenvalue weighted by Gasteiger charge is -2.31. The van der Waals surface area contributed by atoms with E-state index in [4.69, 9.17) is 14.1 Å². The number of hydrazine groups is 1. The summed E-state index contributed by atoms with van der Waals surface area (Å²) in [6, 6.07) is 2.22. The molecule has 1 saturated heterocycles. The minimum absolute atomic E-state index is 0.717. The van der Waals surface area contributed by atoms with Gasteiger partial charge in [-0.2, -0.15) is 0 Å². The molecule has 0 amide bonds. The van der Waals surface area contributed by atoms with Crippen molar-refractivity contribution in [3.63, 3.8) is 0 Å². The van der Waals surface area contributed by atoms with Crippen LogP contribution in [0, 0.1) is 0 Å². The smallest absolute Gasteiger partial charge is 0.207 e. The Bertz CT molecular complexity index is 195. The monoisotopic (exact) mass is 262 g/mol. The predicted molar refractivity (Wildman–Crippen MR) is 69.3 cm³/mol. The van der Waals surface area contributed by atoms with Crippen molar-refractivity contribution in [1.82, 2.24) is 10.8 Å². The van der Waals surface area contributed by atoms with Crippen LogP contribution in [0.25, 0.3) is 0 Å². The first kappa shape index (κ1) is 15.1. The molecule has 0 aromatic carbocycles. The molecule has 1 heterocycles. The third-order valence-electron chi connectivity index (χ3n) is 3.23. The normalized spacial score (nSPS) is 19.2. The van der Waals surface area contributed by atoms with Gasteiger partial charge in [0.1, 0.15) is 0 Å². The summed E-state index contributed by atoms with van der Waals surface area (Å²) in [4.78, 5) is 10.9. The van der Waals surface area contributed by atoms with Crippen molar-refractivity contribution in [3.8, 4) is 0 Å². The maximum Gasteiger partial charge on any atom is 0.207 e. The van der Waals surface area contributed by atoms with Gasteiger partial charge in [-0.3, -0.25) is 9.68 Å². The lowest BCUT2D eigenvalue weighted by Crippen LogP contribution is -2.52. The maximum atomic E-state index is 5.99. The van der Waals surface area contributed by atoms with Crippen molar-refractivity contribution < 1.29 is 14.1 Å². The first-order chi connectivity index (χ1) is 8.26. The van der Waals surface area contributed by atoms with Crippen molar-refractivity contribution in [3.05, 3.63) is 0 Å². The van der Waals surface area contributed by atoms with Crippen LogP contribution < -0.4 is 5.43 Å². The molecular weight excluding hydrogens is 236 g/mol. The molecule has 17 heavy (non-hydrogen) atoms. The summed E-state index contributed by atoms with van der Waals surface area (Å²) in [5.41, 5.74) is 3.21. The third-order valence-corrected chi connectivity index (χ3v) is 7.51. The summed E-state index contributed by atoms with van der Waals surface area (Å²) in [6.07, 6.45) is 2.94. The molecule has 0 saturated carbocycles. The highest BCUT2D eigenvalue weighted by Gasteiger charge is 2.31. The quantitative estimate of drug-likeness (QED) is 0.711. The van der Waals surface area contributed by atoms with Crippen LogP contribution in [0.15, 0.2) is 0 Å². The van der Waals surface area contributed by atoms with Crippen molar-refractivity contribution in [1.29, 1.82) is 0 Å². The van der Waals surface area contributed by atoms with Crippen molar-refractivity contribution in [2.75, 3.05) is 26.0 Å². The zero-order chi connectivity index (χ0) is 12.6. The third kappa shape index (κ3) is 5.03. The van der Waals surface area contributed by atoms with E-state index in [0.29, 0.717) is 13.2 Å². The molecule has 5 nitrogen and oxygen atoms in total.